The summed E-state index contributed by atoms with van der Waals surface area (Å²) in [5, 5.41) is 16.6. The van der Waals surface area contributed by atoms with Crippen molar-refractivity contribution in [1.29, 1.82) is 0 Å². The first-order chi connectivity index (χ1) is 8.38. The van der Waals surface area contributed by atoms with Gasteiger partial charge in [-0.2, -0.15) is 5.10 Å². The van der Waals surface area contributed by atoms with E-state index >= 15 is 0 Å². The molecule has 0 amide bonds. The number of hydrogen-bond donors (Lipinski definition) is 2. The molecule has 2 rings (SSSR count). The van der Waals surface area contributed by atoms with Gasteiger partial charge >= 0.3 is 5.97 Å². The Kier molecular flexibility index (Phi) is 3.43. The summed E-state index contributed by atoms with van der Waals surface area (Å²) in [6.45, 7) is 6.87. The number of carbonyl (C=O) groups is 1. The standard InChI is InChI=1S/C13H21N3O2/c1-13(2,3)16-8-10(7-15-16)11-5-4-9(6-14-11)12(17)18/h7-9,11,14H,4-6H2,1-3H3,(H,17,18). The van der Waals surface area contributed by atoms with Crippen LogP contribution in [-0.2, 0) is 10.3 Å². The summed E-state index contributed by atoms with van der Waals surface area (Å²) in [5.41, 5.74) is 1.13. The van der Waals surface area contributed by atoms with Gasteiger partial charge in [-0.15, -0.1) is 0 Å². The lowest BCUT2D eigenvalue weighted by Crippen LogP contribution is -2.36. The quantitative estimate of drug-likeness (QED) is 0.840. The van der Waals surface area contributed by atoms with Crippen LogP contribution in [0.15, 0.2) is 12.4 Å². The number of carboxylic acids is 1. The second kappa shape index (κ2) is 4.72. The summed E-state index contributed by atoms with van der Waals surface area (Å²) >= 11 is 0. The Morgan fingerprint density at radius 1 is 1.50 bits per heavy atom. The van der Waals surface area contributed by atoms with Gasteiger partial charge in [0.1, 0.15) is 0 Å². The molecule has 0 radical (unpaired) electrons. The van der Waals surface area contributed by atoms with Crippen LogP contribution in [0.2, 0.25) is 0 Å². The Bertz CT molecular complexity index is 426. The maximum atomic E-state index is 10.9. The average Bonchev–Trinajstić information content (AvgIpc) is 2.78. The van der Waals surface area contributed by atoms with Crippen LogP contribution >= 0.6 is 0 Å². The molecule has 1 aliphatic rings. The largest absolute Gasteiger partial charge is 0.481 e. The topological polar surface area (TPSA) is 67.2 Å². The third-order valence-electron chi connectivity index (χ3n) is 3.46. The molecule has 18 heavy (non-hydrogen) atoms. The van der Waals surface area contributed by atoms with Crippen molar-refractivity contribution in [3.8, 4) is 0 Å². The molecular formula is C13H21N3O2. The minimum Gasteiger partial charge on any atom is -0.481 e. The smallest absolute Gasteiger partial charge is 0.307 e. The van der Waals surface area contributed by atoms with Crippen LogP contribution in [0.5, 0.6) is 0 Å². The molecule has 1 aromatic heterocycles. The van der Waals surface area contributed by atoms with E-state index in [9.17, 15) is 4.79 Å². The number of aliphatic carboxylic acids is 1. The van der Waals surface area contributed by atoms with Gasteiger partial charge in [0.2, 0.25) is 0 Å². The SMILES string of the molecule is CC(C)(C)n1cc(C2CCC(C(=O)O)CN2)cn1. The predicted octanol–water partition coefficient (Wildman–Crippen LogP) is 1.76. The van der Waals surface area contributed by atoms with Gasteiger partial charge in [-0.3, -0.25) is 9.48 Å². The normalized spacial score (nSPS) is 25.1. The molecule has 2 atom stereocenters. The number of nitrogens with one attached hydrogen (secondary N) is 1. The van der Waals surface area contributed by atoms with E-state index in [1.807, 2.05) is 10.9 Å². The Balaban J connectivity index is 2.02. The van der Waals surface area contributed by atoms with E-state index in [0.717, 1.165) is 18.4 Å². The molecule has 2 heterocycles. The molecule has 0 saturated carbocycles. The first-order valence-corrected chi connectivity index (χ1v) is 6.39. The maximum absolute atomic E-state index is 10.9. The number of rotatable bonds is 2. The minimum atomic E-state index is -0.702. The highest BCUT2D eigenvalue weighted by atomic mass is 16.4. The van der Waals surface area contributed by atoms with Crippen molar-refractivity contribution >= 4 is 5.97 Å². The summed E-state index contributed by atoms with van der Waals surface area (Å²) < 4.78 is 1.95. The van der Waals surface area contributed by atoms with Crippen LogP contribution in [0.1, 0.15) is 45.2 Å². The highest BCUT2D eigenvalue weighted by Crippen LogP contribution is 2.26. The number of piperidine rings is 1. The fraction of sp³-hybridized carbons (Fsp3) is 0.692. The van der Waals surface area contributed by atoms with Crippen molar-refractivity contribution < 1.29 is 9.90 Å². The van der Waals surface area contributed by atoms with Crippen molar-refractivity contribution in [3.63, 3.8) is 0 Å². The predicted molar refractivity (Wildman–Crippen MR) is 68.3 cm³/mol. The molecule has 2 N–H and O–H groups in total. The maximum Gasteiger partial charge on any atom is 0.307 e. The number of hydrogen-bond acceptors (Lipinski definition) is 3. The van der Waals surface area contributed by atoms with Crippen molar-refractivity contribution in [2.45, 2.75) is 45.2 Å². The lowest BCUT2D eigenvalue weighted by molar-refractivity contribution is -0.142. The summed E-state index contributed by atoms with van der Waals surface area (Å²) in [6, 6.07) is 0.233. The lowest BCUT2D eigenvalue weighted by Gasteiger charge is -2.27. The molecule has 5 nitrogen and oxygen atoms in total. The molecule has 0 bridgehead atoms. The number of aromatic nitrogens is 2. The van der Waals surface area contributed by atoms with E-state index in [4.69, 9.17) is 5.11 Å². The third kappa shape index (κ3) is 2.72. The molecule has 1 aromatic rings. The van der Waals surface area contributed by atoms with Crippen LogP contribution in [0.4, 0.5) is 0 Å². The Labute approximate surface area is 107 Å². The zero-order valence-corrected chi connectivity index (χ0v) is 11.2. The second-order valence-corrected chi connectivity index (χ2v) is 5.96. The third-order valence-corrected chi connectivity index (χ3v) is 3.46. The molecule has 1 aliphatic heterocycles. The zero-order chi connectivity index (χ0) is 13.3. The van der Waals surface area contributed by atoms with Crippen LogP contribution in [0, 0.1) is 5.92 Å². The molecule has 100 valence electrons. The molecule has 5 heteroatoms. The molecule has 1 saturated heterocycles. The van der Waals surface area contributed by atoms with Crippen molar-refractivity contribution in [2.75, 3.05) is 6.54 Å². The first-order valence-electron chi connectivity index (χ1n) is 6.39. The van der Waals surface area contributed by atoms with Gasteiger partial charge in [-0.1, -0.05) is 0 Å². The van der Waals surface area contributed by atoms with Crippen LogP contribution in [-0.4, -0.2) is 27.4 Å². The van der Waals surface area contributed by atoms with Crippen molar-refractivity contribution in [3.05, 3.63) is 18.0 Å². The summed E-state index contributed by atoms with van der Waals surface area (Å²) in [7, 11) is 0. The van der Waals surface area contributed by atoms with Crippen LogP contribution in [0.3, 0.4) is 0 Å². The van der Waals surface area contributed by atoms with E-state index < -0.39 is 5.97 Å². The van der Waals surface area contributed by atoms with Gasteiger partial charge < -0.3 is 10.4 Å². The Hall–Kier alpha value is -1.36. The van der Waals surface area contributed by atoms with Gasteiger partial charge in [-0.25, -0.2) is 0 Å². The summed E-state index contributed by atoms with van der Waals surface area (Å²) in [5.74, 6) is -0.953. The molecule has 0 spiro atoms. The van der Waals surface area contributed by atoms with Crippen molar-refractivity contribution in [2.24, 2.45) is 5.92 Å². The van der Waals surface area contributed by atoms with E-state index in [2.05, 4.69) is 37.4 Å². The average molecular weight is 251 g/mol. The minimum absolute atomic E-state index is 0.0173. The highest BCUT2D eigenvalue weighted by molar-refractivity contribution is 5.70. The molecule has 1 fully saturated rings. The van der Waals surface area contributed by atoms with Crippen LogP contribution < -0.4 is 5.32 Å². The summed E-state index contributed by atoms with van der Waals surface area (Å²) in [6.07, 6.45) is 5.52. The van der Waals surface area contributed by atoms with Gasteiger partial charge in [0.25, 0.3) is 0 Å². The lowest BCUT2D eigenvalue weighted by atomic mass is 9.92. The first kappa shape index (κ1) is 13.1. The number of nitrogens with zero attached hydrogens (tertiary/aromatic N) is 2. The zero-order valence-electron chi connectivity index (χ0n) is 11.2. The van der Waals surface area contributed by atoms with E-state index in [-0.39, 0.29) is 17.5 Å². The highest BCUT2D eigenvalue weighted by Gasteiger charge is 2.27. The molecular weight excluding hydrogens is 230 g/mol. The molecule has 0 aliphatic carbocycles. The van der Waals surface area contributed by atoms with Crippen molar-refractivity contribution in [1.82, 2.24) is 15.1 Å². The summed E-state index contributed by atoms with van der Waals surface area (Å²) in [4.78, 5) is 10.9. The van der Waals surface area contributed by atoms with E-state index in [1.165, 1.54) is 0 Å². The van der Waals surface area contributed by atoms with E-state index in [0.29, 0.717) is 6.54 Å². The molecule has 0 aromatic carbocycles. The van der Waals surface area contributed by atoms with Gasteiger partial charge in [0.05, 0.1) is 17.7 Å². The fourth-order valence-electron chi connectivity index (χ4n) is 2.24. The second-order valence-electron chi connectivity index (χ2n) is 5.96. The van der Waals surface area contributed by atoms with Crippen LogP contribution in [0.25, 0.3) is 0 Å². The Morgan fingerprint density at radius 3 is 2.67 bits per heavy atom. The monoisotopic (exact) mass is 251 g/mol. The van der Waals surface area contributed by atoms with E-state index in [1.54, 1.807) is 0 Å². The van der Waals surface area contributed by atoms with Gasteiger partial charge in [-0.05, 0) is 33.6 Å². The molecule has 2 unspecified atom stereocenters. The fourth-order valence-corrected chi connectivity index (χ4v) is 2.24. The number of carboxylic acid groups (broad SMARTS) is 1. The van der Waals surface area contributed by atoms with Gasteiger partial charge in [0, 0.05) is 24.3 Å². The Morgan fingerprint density at radius 2 is 2.22 bits per heavy atom. The van der Waals surface area contributed by atoms with Gasteiger partial charge in [0.15, 0.2) is 0 Å².